The molecular formula is C20H29N3O4S. The summed E-state index contributed by atoms with van der Waals surface area (Å²) < 4.78 is 16.3. The van der Waals surface area contributed by atoms with Crippen molar-refractivity contribution in [2.45, 2.75) is 57.8 Å². The van der Waals surface area contributed by atoms with E-state index in [0.29, 0.717) is 28.2 Å². The molecule has 0 unspecified atom stereocenters. The summed E-state index contributed by atoms with van der Waals surface area (Å²) in [5.74, 6) is 1.96. The number of thioether (sulfide) groups is 1. The summed E-state index contributed by atoms with van der Waals surface area (Å²) in [4.78, 5) is 14.7. The molecule has 0 radical (unpaired) electrons. The van der Waals surface area contributed by atoms with Gasteiger partial charge < -0.3 is 18.8 Å². The highest BCUT2D eigenvalue weighted by Gasteiger charge is 2.24. The van der Waals surface area contributed by atoms with Crippen LogP contribution in [0.2, 0.25) is 0 Å². The molecule has 2 atom stereocenters. The molecule has 0 aliphatic carbocycles. The highest BCUT2D eigenvalue weighted by Crippen LogP contribution is 2.30. The molecule has 2 aromatic rings. The maximum absolute atomic E-state index is 12.7. The molecule has 0 fully saturated rings. The van der Waals surface area contributed by atoms with Crippen LogP contribution in [0.1, 0.15) is 40.5 Å². The summed E-state index contributed by atoms with van der Waals surface area (Å²) in [6, 6.07) is 5.76. The summed E-state index contributed by atoms with van der Waals surface area (Å²) >= 11 is 1.25. The second-order valence-electron chi connectivity index (χ2n) is 6.58. The highest BCUT2D eigenvalue weighted by molar-refractivity contribution is 7.99. The summed E-state index contributed by atoms with van der Waals surface area (Å²) in [5, 5.41) is 8.51. The van der Waals surface area contributed by atoms with E-state index in [2.05, 4.69) is 37.9 Å². The number of rotatable bonds is 10. The molecule has 0 aliphatic heterocycles. The van der Waals surface area contributed by atoms with Crippen LogP contribution < -0.4 is 9.47 Å². The predicted molar refractivity (Wildman–Crippen MR) is 110 cm³/mol. The monoisotopic (exact) mass is 407 g/mol. The normalized spacial score (nSPS) is 13.1. The largest absolute Gasteiger partial charge is 0.497 e. The molecule has 1 amide bonds. The van der Waals surface area contributed by atoms with E-state index in [9.17, 15) is 4.79 Å². The SMILES string of the molecule is CC[C@@H](C)N(C(=O)CSc1nnc(-c2cc(OC)cc(OC)c2)o1)[C@@H](C)CC. The molecule has 0 saturated carbocycles. The summed E-state index contributed by atoms with van der Waals surface area (Å²) in [6.07, 6.45) is 1.84. The molecule has 0 N–H and O–H groups in total. The predicted octanol–water partition coefficient (Wildman–Crippen LogP) is 4.27. The number of ether oxygens (including phenoxy) is 2. The highest BCUT2D eigenvalue weighted by atomic mass is 32.2. The van der Waals surface area contributed by atoms with Crippen molar-refractivity contribution in [1.82, 2.24) is 15.1 Å². The molecule has 7 nitrogen and oxygen atoms in total. The van der Waals surface area contributed by atoms with Crippen molar-refractivity contribution in [3.8, 4) is 23.0 Å². The van der Waals surface area contributed by atoms with E-state index in [1.807, 2.05) is 4.90 Å². The number of methoxy groups -OCH3 is 2. The van der Waals surface area contributed by atoms with Crippen molar-refractivity contribution in [3.05, 3.63) is 18.2 Å². The fourth-order valence-corrected chi connectivity index (χ4v) is 3.47. The van der Waals surface area contributed by atoms with Gasteiger partial charge in [0.1, 0.15) is 11.5 Å². The van der Waals surface area contributed by atoms with Crippen LogP contribution >= 0.6 is 11.8 Å². The molecule has 0 bridgehead atoms. The quantitative estimate of drug-likeness (QED) is 0.544. The Kier molecular flexibility index (Phi) is 8.17. The van der Waals surface area contributed by atoms with Crippen molar-refractivity contribution in [2.24, 2.45) is 0 Å². The topological polar surface area (TPSA) is 77.7 Å². The van der Waals surface area contributed by atoms with Crippen LogP contribution in [0.15, 0.2) is 27.8 Å². The zero-order chi connectivity index (χ0) is 20.7. The molecule has 1 aromatic heterocycles. The van der Waals surface area contributed by atoms with Gasteiger partial charge >= 0.3 is 0 Å². The van der Waals surface area contributed by atoms with Crippen molar-refractivity contribution in [2.75, 3.05) is 20.0 Å². The summed E-state index contributed by atoms with van der Waals surface area (Å²) in [5.41, 5.74) is 0.697. The van der Waals surface area contributed by atoms with Gasteiger partial charge in [0.2, 0.25) is 11.8 Å². The molecule has 0 aliphatic rings. The van der Waals surface area contributed by atoms with Gasteiger partial charge in [0.25, 0.3) is 5.22 Å². The first-order valence-electron chi connectivity index (χ1n) is 9.44. The Labute approximate surface area is 170 Å². The average molecular weight is 408 g/mol. The number of nitrogens with zero attached hydrogens (tertiary/aromatic N) is 3. The molecule has 154 valence electrons. The molecule has 2 rings (SSSR count). The van der Waals surface area contributed by atoms with Crippen molar-refractivity contribution < 1.29 is 18.7 Å². The van der Waals surface area contributed by atoms with Gasteiger partial charge in [0.05, 0.1) is 20.0 Å². The lowest BCUT2D eigenvalue weighted by Gasteiger charge is -2.33. The first-order valence-corrected chi connectivity index (χ1v) is 10.4. The van der Waals surface area contributed by atoms with Crippen LogP contribution in [-0.2, 0) is 4.79 Å². The van der Waals surface area contributed by atoms with Crippen molar-refractivity contribution >= 4 is 17.7 Å². The fourth-order valence-electron chi connectivity index (χ4n) is 2.83. The van der Waals surface area contributed by atoms with Gasteiger partial charge in [-0.25, -0.2) is 0 Å². The van der Waals surface area contributed by atoms with E-state index < -0.39 is 0 Å². The number of aromatic nitrogens is 2. The zero-order valence-corrected chi connectivity index (χ0v) is 18.2. The lowest BCUT2D eigenvalue weighted by atomic mass is 10.1. The van der Waals surface area contributed by atoms with E-state index in [4.69, 9.17) is 13.9 Å². The Morgan fingerprint density at radius 3 is 2.14 bits per heavy atom. The molecule has 1 heterocycles. The molecule has 0 spiro atoms. The van der Waals surface area contributed by atoms with E-state index in [1.54, 1.807) is 32.4 Å². The number of carbonyl (C=O) groups is 1. The minimum Gasteiger partial charge on any atom is -0.497 e. The lowest BCUT2D eigenvalue weighted by Crippen LogP contribution is -2.45. The van der Waals surface area contributed by atoms with Crippen LogP contribution in [0.5, 0.6) is 11.5 Å². The van der Waals surface area contributed by atoms with Gasteiger partial charge in [-0.2, -0.15) is 0 Å². The molecule has 0 saturated heterocycles. The first-order chi connectivity index (χ1) is 13.4. The second-order valence-corrected chi connectivity index (χ2v) is 7.51. The van der Waals surface area contributed by atoms with E-state index in [0.717, 1.165) is 12.8 Å². The summed E-state index contributed by atoms with van der Waals surface area (Å²) in [7, 11) is 3.17. The van der Waals surface area contributed by atoms with E-state index in [1.165, 1.54) is 11.8 Å². The Hall–Kier alpha value is -2.22. The first kappa shape index (κ1) is 22.1. The Morgan fingerprint density at radius 1 is 1.07 bits per heavy atom. The van der Waals surface area contributed by atoms with Gasteiger partial charge in [0, 0.05) is 23.7 Å². The van der Waals surface area contributed by atoms with Gasteiger partial charge in [-0.15, -0.1) is 10.2 Å². The summed E-state index contributed by atoms with van der Waals surface area (Å²) in [6.45, 7) is 8.34. The van der Waals surface area contributed by atoms with E-state index >= 15 is 0 Å². The van der Waals surface area contributed by atoms with Gasteiger partial charge in [0.15, 0.2) is 0 Å². The van der Waals surface area contributed by atoms with Crippen LogP contribution in [0, 0.1) is 0 Å². The smallest absolute Gasteiger partial charge is 0.277 e. The number of hydrogen-bond acceptors (Lipinski definition) is 7. The average Bonchev–Trinajstić information content (AvgIpc) is 3.20. The molecular weight excluding hydrogens is 378 g/mol. The Balaban J connectivity index is 2.09. The van der Waals surface area contributed by atoms with Crippen LogP contribution in [0.4, 0.5) is 0 Å². The van der Waals surface area contributed by atoms with Crippen LogP contribution in [-0.4, -0.2) is 53.1 Å². The van der Waals surface area contributed by atoms with Gasteiger partial charge in [-0.3, -0.25) is 4.79 Å². The minimum atomic E-state index is 0.0801. The third-order valence-corrected chi connectivity index (χ3v) is 5.55. The van der Waals surface area contributed by atoms with Gasteiger partial charge in [-0.1, -0.05) is 25.6 Å². The zero-order valence-electron chi connectivity index (χ0n) is 17.4. The third kappa shape index (κ3) is 5.41. The van der Waals surface area contributed by atoms with Gasteiger partial charge in [-0.05, 0) is 38.8 Å². The fraction of sp³-hybridized carbons (Fsp3) is 0.550. The Morgan fingerprint density at radius 2 is 1.64 bits per heavy atom. The van der Waals surface area contributed by atoms with E-state index in [-0.39, 0.29) is 23.7 Å². The second kappa shape index (κ2) is 10.4. The maximum Gasteiger partial charge on any atom is 0.277 e. The maximum atomic E-state index is 12.7. The number of hydrogen-bond donors (Lipinski definition) is 0. The van der Waals surface area contributed by atoms with Crippen LogP contribution in [0.25, 0.3) is 11.5 Å². The third-order valence-electron chi connectivity index (χ3n) is 4.74. The lowest BCUT2D eigenvalue weighted by molar-refractivity contribution is -0.132. The Bertz CT molecular complexity index is 748. The van der Waals surface area contributed by atoms with Crippen molar-refractivity contribution in [3.63, 3.8) is 0 Å². The molecule has 1 aromatic carbocycles. The number of carbonyl (C=O) groups excluding carboxylic acids is 1. The van der Waals surface area contributed by atoms with Crippen molar-refractivity contribution in [1.29, 1.82) is 0 Å². The number of amides is 1. The molecule has 28 heavy (non-hydrogen) atoms. The minimum absolute atomic E-state index is 0.0801. The molecule has 8 heteroatoms. The standard InChI is InChI=1S/C20H29N3O4S/c1-7-13(3)23(14(4)8-2)18(24)12-28-20-22-21-19(27-20)15-9-16(25-5)11-17(10-15)26-6/h9-11,13-14H,7-8,12H2,1-6H3/t13-,14+. The number of benzene rings is 1. The van der Waals surface area contributed by atoms with Crippen LogP contribution in [0.3, 0.4) is 0 Å².